The first kappa shape index (κ1) is 14.0. The quantitative estimate of drug-likeness (QED) is 0.868. The Bertz CT molecular complexity index is 669. The minimum atomic E-state index is -0.148. The van der Waals surface area contributed by atoms with Gasteiger partial charge in [0.1, 0.15) is 5.82 Å². The number of H-pyrrole nitrogens is 1. The van der Waals surface area contributed by atoms with Crippen LogP contribution in [-0.4, -0.2) is 9.97 Å². The van der Waals surface area contributed by atoms with Crippen LogP contribution in [0.1, 0.15) is 32.0 Å². The van der Waals surface area contributed by atoms with Crippen LogP contribution in [0, 0.1) is 6.92 Å². The van der Waals surface area contributed by atoms with Crippen molar-refractivity contribution in [2.45, 2.75) is 33.1 Å². The monoisotopic (exact) mass is 320 g/mol. The molecule has 0 radical (unpaired) electrons. The molecule has 0 saturated heterocycles. The number of hydrogen-bond acceptors (Lipinski definition) is 2. The van der Waals surface area contributed by atoms with Crippen LogP contribution < -0.4 is 5.56 Å². The van der Waals surface area contributed by atoms with Gasteiger partial charge in [0.2, 0.25) is 0 Å². The molecule has 0 aliphatic carbocycles. The summed E-state index contributed by atoms with van der Waals surface area (Å²) in [5.41, 5.74) is 2.58. The molecule has 0 aliphatic heterocycles. The van der Waals surface area contributed by atoms with E-state index in [0.717, 1.165) is 21.3 Å². The molecule has 2 aromatic rings. The summed E-state index contributed by atoms with van der Waals surface area (Å²) >= 11 is 3.50. The second kappa shape index (κ2) is 4.93. The van der Waals surface area contributed by atoms with Gasteiger partial charge in [-0.05, 0) is 18.6 Å². The highest BCUT2D eigenvalue weighted by Crippen LogP contribution is 2.25. The van der Waals surface area contributed by atoms with E-state index in [-0.39, 0.29) is 11.0 Å². The number of rotatable bonds is 1. The fourth-order valence-corrected chi connectivity index (χ4v) is 2.10. The standard InChI is InChI=1S/C15H17BrN2O/c1-9-5-6-10(7-11(9)16)14-17-12(15(2,3)4)8-13(19)18-14/h5-8H,1-4H3,(H,17,18,19). The van der Waals surface area contributed by atoms with E-state index in [1.165, 1.54) is 0 Å². The van der Waals surface area contributed by atoms with Gasteiger partial charge in [0.05, 0.1) is 5.69 Å². The Labute approximate surface area is 121 Å². The number of aryl methyl sites for hydroxylation is 1. The van der Waals surface area contributed by atoms with Crippen LogP contribution in [0.5, 0.6) is 0 Å². The highest BCUT2D eigenvalue weighted by atomic mass is 79.9. The van der Waals surface area contributed by atoms with Crippen molar-refractivity contribution in [2.75, 3.05) is 0 Å². The minimum Gasteiger partial charge on any atom is -0.307 e. The van der Waals surface area contributed by atoms with Crippen molar-refractivity contribution in [1.29, 1.82) is 0 Å². The molecule has 3 nitrogen and oxygen atoms in total. The minimum absolute atomic E-state index is 0.119. The summed E-state index contributed by atoms with van der Waals surface area (Å²) < 4.78 is 1.01. The van der Waals surface area contributed by atoms with Gasteiger partial charge in [0, 0.05) is 21.5 Å². The number of aromatic amines is 1. The second-order valence-corrected chi connectivity index (χ2v) is 6.55. The highest BCUT2D eigenvalue weighted by molar-refractivity contribution is 9.10. The van der Waals surface area contributed by atoms with Crippen molar-refractivity contribution in [3.8, 4) is 11.4 Å². The summed E-state index contributed by atoms with van der Waals surface area (Å²) in [5.74, 6) is 0.609. The van der Waals surface area contributed by atoms with Crippen molar-refractivity contribution in [1.82, 2.24) is 9.97 Å². The van der Waals surface area contributed by atoms with Crippen LogP contribution >= 0.6 is 15.9 Å². The molecule has 1 N–H and O–H groups in total. The smallest absolute Gasteiger partial charge is 0.251 e. The molecule has 1 aromatic carbocycles. The van der Waals surface area contributed by atoms with E-state index in [0.29, 0.717) is 5.82 Å². The van der Waals surface area contributed by atoms with Gasteiger partial charge in [-0.3, -0.25) is 4.79 Å². The molecule has 0 saturated carbocycles. The van der Waals surface area contributed by atoms with Gasteiger partial charge in [-0.15, -0.1) is 0 Å². The number of nitrogens with one attached hydrogen (secondary N) is 1. The van der Waals surface area contributed by atoms with Gasteiger partial charge < -0.3 is 4.98 Å². The highest BCUT2D eigenvalue weighted by Gasteiger charge is 2.17. The van der Waals surface area contributed by atoms with E-state index in [4.69, 9.17) is 0 Å². The zero-order valence-electron chi connectivity index (χ0n) is 11.5. The lowest BCUT2D eigenvalue weighted by molar-refractivity contribution is 0.566. The van der Waals surface area contributed by atoms with E-state index < -0.39 is 0 Å². The summed E-state index contributed by atoms with van der Waals surface area (Å²) in [6.45, 7) is 8.16. The summed E-state index contributed by atoms with van der Waals surface area (Å²) in [7, 11) is 0. The number of halogens is 1. The predicted octanol–water partition coefficient (Wildman–Crippen LogP) is 3.81. The van der Waals surface area contributed by atoms with E-state index in [1.807, 2.05) is 45.9 Å². The Morgan fingerprint density at radius 3 is 2.47 bits per heavy atom. The first-order valence-corrected chi connectivity index (χ1v) is 6.95. The fraction of sp³-hybridized carbons (Fsp3) is 0.333. The predicted molar refractivity (Wildman–Crippen MR) is 81.4 cm³/mol. The topological polar surface area (TPSA) is 45.8 Å². The van der Waals surface area contributed by atoms with Crippen LogP contribution in [-0.2, 0) is 5.41 Å². The molecular formula is C15H17BrN2O. The maximum absolute atomic E-state index is 11.8. The van der Waals surface area contributed by atoms with Crippen LogP contribution in [0.3, 0.4) is 0 Å². The summed E-state index contributed by atoms with van der Waals surface area (Å²) in [6, 6.07) is 7.50. The van der Waals surface area contributed by atoms with Crippen molar-refractivity contribution in [2.24, 2.45) is 0 Å². The number of hydrogen-bond donors (Lipinski definition) is 1. The molecule has 0 aliphatic rings. The zero-order chi connectivity index (χ0) is 14.2. The van der Waals surface area contributed by atoms with E-state index >= 15 is 0 Å². The third-order valence-electron chi connectivity index (χ3n) is 2.96. The third kappa shape index (κ3) is 3.13. The van der Waals surface area contributed by atoms with Gasteiger partial charge in [-0.2, -0.15) is 0 Å². The molecule has 1 aromatic heterocycles. The van der Waals surface area contributed by atoms with Crippen LogP contribution in [0.4, 0.5) is 0 Å². The molecule has 1 heterocycles. The van der Waals surface area contributed by atoms with Crippen molar-refractivity contribution >= 4 is 15.9 Å². The van der Waals surface area contributed by atoms with Gasteiger partial charge in [0.15, 0.2) is 0 Å². The van der Waals surface area contributed by atoms with Crippen molar-refractivity contribution in [3.05, 3.63) is 50.3 Å². The maximum Gasteiger partial charge on any atom is 0.251 e. The number of nitrogens with zero attached hydrogens (tertiary/aromatic N) is 1. The Morgan fingerprint density at radius 1 is 1.21 bits per heavy atom. The lowest BCUT2D eigenvalue weighted by Gasteiger charge is -2.18. The van der Waals surface area contributed by atoms with Crippen molar-refractivity contribution in [3.63, 3.8) is 0 Å². The van der Waals surface area contributed by atoms with Gasteiger partial charge in [0.25, 0.3) is 5.56 Å². The molecule has 0 fully saturated rings. The summed E-state index contributed by atoms with van der Waals surface area (Å²) in [5, 5.41) is 0. The first-order chi connectivity index (χ1) is 8.77. The lowest BCUT2D eigenvalue weighted by atomic mass is 9.92. The Balaban J connectivity index is 2.59. The van der Waals surface area contributed by atoms with Crippen LogP contribution in [0.2, 0.25) is 0 Å². The molecule has 100 valence electrons. The lowest BCUT2D eigenvalue weighted by Crippen LogP contribution is -2.19. The average molecular weight is 321 g/mol. The molecule has 19 heavy (non-hydrogen) atoms. The Hall–Kier alpha value is -1.42. The molecule has 2 rings (SSSR count). The van der Waals surface area contributed by atoms with Crippen LogP contribution in [0.25, 0.3) is 11.4 Å². The molecule has 0 atom stereocenters. The first-order valence-electron chi connectivity index (χ1n) is 6.16. The Morgan fingerprint density at radius 2 is 1.89 bits per heavy atom. The molecule has 0 amide bonds. The van der Waals surface area contributed by atoms with Gasteiger partial charge in [-0.1, -0.05) is 48.8 Å². The number of benzene rings is 1. The zero-order valence-corrected chi connectivity index (χ0v) is 13.1. The Kier molecular flexibility index (Phi) is 3.63. The van der Waals surface area contributed by atoms with E-state index in [2.05, 4.69) is 25.9 Å². The average Bonchev–Trinajstić information content (AvgIpc) is 2.31. The summed E-state index contributed by atoms with van der Waals surface area (Å²) in [4.78, 5) is 19.1. The van der Waals surface area contributed by atoms with Gasteiger partial charge >= 0.3 is 0 Å². The largest absolute Gasteiger partial charge is 0.307 e. The van der Waals surface area contributed by atoms with Crippen molar-refractivity contribution < 1.29 is 0 Å². The van der Waals surface area contributed by atoms with Crippen LogP contribution in [0.15, 0.2) is 33.5 Å². The number of aromatic nitrogens is 2. The molecule has 0 unspecified atom stereocenters. The maximum atomic E-state index is 11.8. The SMILES string of the molecule is Cc1ccc(-c2nc(C(C)(C)C)cc(=O)[nH]2)cc1Br. The van der Waals surface area contributed by atoms with Gasteiger partial charge in [-0.25, -0.2) is 4.98 Å². The van der Waals surface area contributed by atoms with E-state index in [9.17, 15) is 4.79 Å². The summed E-state index contributed by atoms with van der Waals surface area (Å²) in [6.07, 6.45) is 0. The fourth-order valence-electron chi connectivity index (χ4n) is 1.72. The molecule has 0 bridgehead atoms. The molecule has 4 heteroatoms. The normalized spacial score (nSPS) is 11.6. The van der Waals surface area contributed by atoms with E-state index in [1.54, 1.807) is 6.07 Å². The third-order valence-corrected chi connectivity index (χ3v) is 3.81. The molecule has 0 spiro atoms. The molecular weight excluding hydrogens is 304 g/mol. The second-order valence-electron chi connectivity index (χ2n) is 5.69.